The molecule has 0 radical (unpaired) electrons. The molecule has 1 fully saturated rings. The number of hydrogen-bond acceptors (Lipinski definition) is 10. The van der Waals surface area contributed by atoms with E-state index in [1.54, 1.807) is 0 Å². The predicted molar refractivity (Wildman–Crippen MR) is 102 cm³/mol. The highest BCUT2D eigenvalue weighted by Gasteiger charge is 2.54. The molecule has 28 heavy (non-hydrogen) atoms. The standard InChI is InChI=1S/C15H17N5O6S2/c1-25-3-6-4-27-13-9(12(22)20(13)10(6)14(23)24)18-11(21)8(19-26-2)7-5-28-15(16)17-7/h5,9,13H,3-4H2,1-2H3,(H2,16,17)(H,18,21)(H,23,24)/b19-8-/t9-,13-/m0/s1/i2D3. The number of amides is 2. The zero-order valence-electron chi connectivity index (χ0n) is 17.4. The Balaban J connectivity index is 1.81. The molecular weight excluding hydrogens is 410 g/mol. The molecule has 0 bridgehead atoms. The molecule has 11 nitrogen and oxygen atoms in total. The van der Waals surface area contributed by atoms with Gasteiger partial charge in [0.2, 0.25) is 0 Å². The van der Waals surface area contributed by atoms with Crippen molar-refractivity contribution in [1.29, 1.82) is 0 Å². The number of aromatic nitrogens is 1. The Morgan fingerprint density at radius 1 is 1.61 bits per heavy atom. The zero-order valence-corrected chi connectivity index (χ0v) is 16.0. The van der Waals surface area contributed by atoms with Crippen molar-refractivity contribution in [3.63, 3.8) is 0 Å². The number of nitrogen functional groups attached to an aromatic ring is 1. The lowest BCUT2D eigenvalue weighted by Crippen LogP contribution is -2.71. The summed E-state index contributed by atoms with van der Waals surface area (Å²) >= 11 is 2.26. The lowest BCUT2D eigenvalue weighted by atomic mass is 10.0. The number of anilines is 1. The molecule has 0 spiro atoms. The summed E-state index contributed by atoms with van der Waals surface area (Å²) in [5.41, 5.74) is 5.32. The van der Waals surface area contributed by atoms with Gasteiger partial charge in [-0.25, -0.2) is 9.78 Å². The van der Waals surface area contributed by atoms with E-state index >= 15 is 0 Å². The van der Waals surface area contributed by atoms with E-state index in [2.05, 4.69) is 20.3 Å². The highest BCUT2D eigenvalue weighted by Crippen LogP contribution is 2.40. The van der Waals surface area contributed by atoms with E-state index in [-0.39, 0.29) is 23.1 Å². The van der Waals surface area contributed by atoms with E-state index in [1.165, 1.54) is 24.3 Å². The van der Waals surface area contributed by atoms with Gasteiger partial charge in [-0.05, 0) is 5.57 Å². The van der Waals surface area contributed by atoms with Crippen molar-refractivity contribution in [2.45, 2.75) is 11.4 Å². The summed E-state index contributed by atoms with van der Waals surface area (Å²) in [6.07, 6.45) is 0. The van der Waals surface area contributed by atoms with Gasteiger partial charge in [-0.2, -0.15) is 0 Å². The lowest BCUT2D eigenvalue weighted by Gasteiger charge is -2.49. The van der Waals surface area contributed by atoms with E-state index in [9.17, 15) is 19.5 Å². The normalized spacial score (nSPS) is 23.9. The monoisotopic (exact) mass is 430 g/mol. The van der Waals surface area contributed by atoms with Gasteiger partial charge in [0, 0.05) is 18.2 Å². The van der Waals surface area contributed by atoms with Crippen LogP contribution >= 0.6 is 23.1 Å². The van der Waals surface area contributed by atoms with Crippen LogP contribution in [0, 0.1) is 0 Å². The minimum absolute atomic E-state index is 0.0299. The van der Waals surface area contributed by atoms with Gasteiger partial charge in [0.05, 0.1) is 10.7 Å². The number of rotatable bonds is 7. The summed E-state index contributed by atoms with van der Waals surface area (Å²) in [7, 11) is -1.49. The molecule has 2 aliphatic rings. The number of hydrogen-bond donors (Lipinski definition) is 3. The van der Waals surface area contributed by atoms with E-state index in [0.717, 1.165) is 16.2 Å². The van der Waals surface area contributed by atoms with Crippen LogP contribution in [-0.4, -0.2) is 76.4 Å². The van der Waals surface area contributed by atoms with E-state index < -0.39 is 41.9 Å². The van der Waals surface area contributed by atoms with Gasteiger partial charge in [-0.15, -0.1) is 23.1 Å². The molecular formula is C15H17N5O6S2. The van der Waals surface area contributed by atoms with Gasteiger partial charge in [0.25, 0.3) is 11.8 Å². The minimum atomic E-state index is -2.91. The number of nitrogens with one attached hydrogen (secondary N) is 1. The maximum absolute atomic E-state index is 12.8. The molecule has 0 unspecified atom stereocenters. The van der Waals surface area contributed by atoms with Gasteiger partial charge in [0.15, 0.2) is 10.8 Å². The van der Waals surface area contributed by atoms with Crippen LogP contribution in [0.4, 0.5) is 5.13 Å². The first-order valence-corrected chi connectivity index (χ1v) is 9.63. The van der Waals surface area contributed by atoms with Crippen LogP contribution in [0.25, 0.3) is 0 Å². The van der Waals surface area contributed by atoms with Crippen LogP contribution < -0.4 is 11.1 Å². The SMILES string of the molecule is [2H]C([2H])([2H])O/N=C(\C(=O)N[C@H]1C(=O)N2C(C(=O)O)=C(COC)CS[C@@H]12)c1csc(N)n1. The molecule has 1 aromatic heterocycles. The summed E-state index contributed by atoms with van der Waals surface area (Å²) in [5.74, 6) is -2.54. The fourth-order valence-electron chi connectivity index (χ4n) is 2.82. The Kier molecular flexibility index (Phi) is 4.76. The highest BCUT2D eigenvalue weighted by molar-refractivity contribution is 8.00. The van der Waals surface area contributed by atoms with Crippen LogP contribution in [0.15, 0.2) is 21.8 Å². The van der Waals surface area contributed by atoms with E-state index in [1.807, 2.05) is 0 Å². The average molecular weight is 430 g/mol. The molecule has 2 amide bonds. The van der Waals surface area contributed by atoms with E-state index in [0.29, 0.717) is 11.3 Å². The first kappa shape index (κ1) is 16.3. The molecule has 3 rings (SSSR count). The molecule has 0 aromatic carbocycles. The van der Waals surface area contributed by atoms with Gasteiger partial charge >= 0.3 is 5.97 Å². The highest BCUT2D eigenvalue weighted by atomic mass is 32.2. The van der Waals surface area contributed by atoms with Crippen molar-refractivity contribution < 1.29 is 33.2 Å². The predicted octanol–water partition coefficient (Wildman–Crippen LogP) is -0.539. The second-order valence-corrected chi connectivity index (χ2v) is 7.65. The number of carbonyl (C=O) groups is 3. The lowest BCUT2D eigenvalue weighted by molar-refractivity contribution is -0.150. The number of carbonyl (C=O) groups excluding carboxylic acids is 2. The topological polar surface area (TPSA) is 156 Å². The van der Waals surface area contributed by atoms with Gasteiger partial charge < -0.3 is 25.7 Å². The number of nitrogens with two attached hydrogens (primary N) is 1. The molecule has 150 valence electrons. The fourth-order valence-corrected chi connectivity index (χ4v) is 4.70. The molecule has 13 heteroatoms. The second kappa shape index (κ2) is 8.16. The second-order valence-electron chi connectivity index (χ2n) is 5.65. The summed E-state index contributed by atoms with van der Waals surface area (Å²) in [6, 6.07) is -1.05. The molecule has 0 aliphatic carbocycles. The summed E-state index contributed by atoms with van der Waals surface area (Å²) in [5, 5.41) is 16.2. The first-order valence-electron chi connectivity index (χ1n) is 9.21. The third-order valence-corrected chi connectivity index (χ3v) is 5.99. The molecule has 1 aromatic rings. The molecule has 3 heterocycles. The number of ether oxygens (including phenoxy) is 1. The summed E-state index contributed by atoms with van der Waals surface area (Å²) in [6.45, 7) is 0.0523. The van der Waals surface area contributed by atoms with Crippen molar-refractivity contribution in [2.24, 2.45) is 5.16 Å². The molecule has 0 saturated carbocycles. The van der Waals surface area contributed by atoms with Gasteiger partial charge in [-0.3, -0.25) is 14.5 Å². The van der Waals surface area contributed by atoms with Crippen LogP contribution in [0.2, 0.25) is 0 Å². The van der Waals surface area contributed by atoms with Crippen molar-refractivity contribution in [1.82, 2.24) is 15.2 Å². The number of carboxylic acids is 1. The molecule has 4 N–H and O–H groups in total. The third-order valence-electron chi connectivity index (χ3n) is 3.97. The van der Waals surface area contributed by atoms with Crippen molar-refractivity contribution in [2.75, 3.05) is 32.2 Å². The van der Waals surface area contributed by atoms with Crippen molar-refractivity contribution >= 4 is 51.7 Å². The fraction of sp³-hybridized carbons (Fsp3) is 0.400. The Bertz CT molecular complexity index is 979. The maximum Gasteiger partial charge on any atom is 0.352 e. The van der Waals surface area contributed by atoms with E-state index in [4.69, 9.17) is 14.6 Å². The van der Waals surface area contributed by atoms with Crippen LogP contribution in [0.5, 0.6) is 0 Å². The molecule has 2 atom stereocenters. The third kappa shape index (κ3) is 3.55. The number of methoxy groups -OCH3 is 1. The van der Waals surface area contributed by atoms with Crippen LogP contribution in [0.1, 0.15) is 9.81 Å². The Labute approximate surface area is 171 Å². The number of thioether (sulfide) groups is 1. The number of nitrogens with zero attached hydrogens (tertiary/aromatic N) is 3. The average Bonchev–Trinajstić information content (AvgIpc) is 3.10. The molecule has 2 aliphatic heterocycles. The Morgan fingerprint density at radius 3 is 3.00 bits per heavy atom. The largest absolute Gasteiger partial charge is 0.477 e. The minimum Gasteiger partial charge on any atom is -0.477 e. The van der Waals surface area contributed by atoms with Crippen LogP contribution in [-0.2, 0) is 24.0 Å². The number of fused-ring (bicyclic) bond motifs is 1. The van der Waals surface area contributed by atoms with Crippen molar-refractivity contribution in [3.8, 4) is 0 Å². The van der Waals surface area contributed by atoms with Gasteiger partial charge in [-0.1, -0.05) is 5.16 Å². The Hall–Kier alpha value is -2.64. The number of carboxylic acid groups (broad SMARTS) is 1. The first-order chi connectivity index (χ1) is 14.5. The van der Waals surface area contributed by atoms with Gasteiger partial charge in [0.1, 0.15) is 29.8 Å². The number of oxime groups is 1. The summed E-state index contributed by atoms with van der Waals surface area (Å²) in [4.78, 5) is 46.4. The maximum atomic E-state index is 12.8. The summed E-state index contributed by atoms with van der Waals surface area (Å²) < 4.78 is 26.3. The number of aliphatic carboxylic acids is 1. The number of thiazole rings is 1. The molecule has 1 saturated heterocycles. The number of β-lactam (4-membered cyclic amide) rings is 1. The van der Waals surface area contributed by atoms with Crippen molar-refractivity contribution in [3.05, 3.63) is 22.3 Å². The zero-order chi connectivity index (χ0) is 22.9. The van der Waals surface area contributed by atoms with Crippen LogP contribution in [0.3, 0.4) is 0 Å². The Morgan fingerprint density at radius 2 is 2.39 bits per heavy atom. The quantitative estimate of drug-likeness (QED) is 0.294. The smallest absolute Gasteiger partial charge is 0.352 e.